The van der Waals surface area contributed by atoms with Crippen LogP contribution in [-0.2, 0) is 4.79 Å². The molecule has 0 saturated heterocycles. The average molecular weight is 252 g/mol. The second kappa shape index (κ2) is 6.06. The van der Waals surface area contributed by atoms with Crippen molar-refractivity contribution in [2.75, 3.05) is 7.11 Å². The Kier molecular flexibility index (Phi) is 4.20. The highest BCUT2D eigenvalue weighted by Crippen LogP contribution is 2.24. The summed E-state index contributed by atoms with van der Waals surface area (Å²) >= 11 is 0. The van der Waals surface area contributed by atoms with Gasteiger partial charge in [0.05, 0.1) is 7.11 Å². The zero-order valence-electron chi connectivity index (χ0n) is 11.0. The van der Waals surface area contributed by atoms with Gasteiger partial charge >= 0.3 is 0 Å². The lowest BCUT2D eigenvalue weighted by atomic mass is 9.92. The van der Waals surface area contributed by atoms with E-state index in [1.807, 2.05) is 30.3 Å². The summed E-state index contributed by atoms with van der Waals surface area (Å²) in [4.78, 5) is 11.4. The van der Waals surface area contributed by atoms with Gasteiger partial charge in [-0.1, -0.05) is 18.1 Å². The molecule has 2 nitrogen and oxygen atoms in total. The number of ether oxygens (including phenoxy) is 1. The van der Waals surface area contributed by atoms with Gasteiger partial charge < -0.3 is 4.74 Å². The molecule has 96 valence electrons. The topological polar surface area (TPSA) is 26.3 Å². The van der Waals surface area contributed by atoms with E-state index in [-0.39, 0.29) is 5.78 Å². The number of benzene rings is 1. The van der Waals surface area contributed by atoms with Crippen molar-refractivity contribution in [2.45, 2.75) is 19.3 Å². The fraction of sp³-hybridized carbons (Fsp3) is 0.235. The second-order valence-corrected chi connectivity index (χ2v) is 4.46. The number of hydrogen-bond donors (Lipinski definition) is 0. The maximum atomic E-state index is 11.4. The van der Waals surface area contributed by atoms with E-state index in [1.165, 1.54) is 0 Å². The number of terminal acetylenes is 1. The van der Waals surface area contributed by atoms with E-state index < -0.39 is 0 Å². The van der Waals surface area contributed by atoms with Crippen molar-refractivity contribution in [3.8, 4) is 18.1 Å². The van der Waals surface area contributed by atoms with Crippen LogP contribution in [0.15, 0.2) is 41.5 Å². The number of methoxy groups -OCH3 is 1. The van der Waals surface area contributed by atoms with Crippen molar-refractivity contribution in [3.63, 3.8) is 0 Å². The molecular formula is C17H16O2. The van der Waals surface area contributed by atoms with Crippen LogP contribution < -0.4 is 4.74 Å². The number of ketones is 1. The van der Waals surface area contributed by atoms with E-state index in [0.717, 1.165) is 35.3 Å². The number of allylic oxidation sites excluding steroid dienone is 3. The summed E-state index contributed by atoms with van der Waals surface area (Å²) in [5, 5.41) is 0. The largest absolute Gasteiger partial charge is 0.497 e. The first-order chi connectivity index (χ1) is 9.22. The number of hydrogen-bond acceptors (Lipinski definition) is 2. The predicted octanol–water partition coefficient (Wildman–Crippen LogP) is 3.39. The molecule has 0 fully saturated rings. The van der Waals surface area contributed by atoms with Crippen LogP contribution in [0.4, 0.5) is 0 Å². The summed E-state index contributed by atoms with van der Waals surface area (Å²) in [6, 6.07) is 7.67. The molecule has 0 heterocycles. The van der Waals surface area contributed by atoms with Gasteiger partial charge in [-0.25, -0.2) is 0 Å². The zero-order chi connectivity index (χ0) is 13.7. The van der Waals surface area contributed by atoms with Gasteiger partial charge in [0.15, 0.2) is 5.78 Å². The molecule has 2 rings (SSSR count). The smallest absolute Gasteiger partial charge is 0.156 e. The predicted molar refractivity (Wildman–Crippen MR) is 76.7 cm³/mol. The molecule has 1 aliphatic rings. The molecule has 2 heteroatoms. The minimum Gasteiger partial charge on any atom is -0.497 e. The molecule has 0 atom stereocenters. The summed E-state index contributed by atoms with van der Waals surface area (Å²) in [6.07, 6.45) is 11.6. The third kappa shape index (κ3) is 3.35. The normalized spacial score (nSPS) is 15.7. The van der Waals surface area contributed by atoms with E-state index in [2.05, 4.69) is 5.92 Å². The molecule has 1 aromatic rings. The minimum absolute atomic E-state index is 0.164. The maximum absolute atomic E-state index is 11.4. The van der Waals surface area contributed by atoms with E-state index in [9.17, 15) is 4.79 Å². The van der Waals surface area contributed by atoms with Crippen LogP contribution in [0, 0.1) is 12.3 Å². The molecule has 0 saturated carbocycles. The number of carbonyl (C=O) groups excluding carboxylic acids is 1. The summed E-state index contributed by atoms with van der Waals surface area (Å²) in [5.74, 6) is 3.65. The first kappa shape index (κ1) is 13.2. The van der Waals surface area contributed by atoms with Crippen LogP contribution in [-0.4, -0.2) is 12.9 Å². The van der Waals surface area contributed by atoms with Crippen LogP contribution in [0.25, 0.3) is 6.08 Å². The molecule has 1 aromatic carbocycles. The van der Waals surface area contributed by atoms with Crippen LogP contribution in [0.2, 0.25) is 0 Å². The lowest BCUT2D eigenvalue weighted by Gasteiger charge is -2.11. The van der Waals surface area contributed by atoms with Crippen molar-refractivity contribution >= 4 is 11.9 Å². The summed E-state index contributed by atoms with van der Waals surface area (Å²) in [6.45, 7) is 0. The quantitative estimate of drug-likeness (QED) is 0.771. The van der Waals surface area contributed by atoms with Gasteiger partial charge in [0.25, 0.3) is 0 Å². The lowest BCUT2D eigenvalue weighted by molar-refractivity contribution is -0.115. The Morgan fingerprint density at radius 3 is 2.63 bits per heavy atom. The third-order valence-electron chi connectivity index (χ3n) is 3.13. The van der Waals surface area contributed by atoms with Crippen LogP contribution in [0.1, 0.15) is 24.8 Å². The van der Waals surface area contributed by atoms with Crippen molar-refractivity contribution in [3.05, 3.63) is 47.1 Å². The first-order valence-electron chi connectivity index (χ1n) is 6.29. The van der Waals surface area contributed by atoms with Gasteiger partial charge in [-0.2, -0.15) is 0 Å². The fourth-order valence-electron chi connectivity index (χ4n) is 2.10. The summed E-state index contributed by atoms with van der Waals surface area (Å²) in [5.41, 5.74) is 2.76. The van der Waals surface area contributed by atoms with Gasteiger partial charge in [0.2, 0.25) is 0 Å². The SMILES string of the molecule is C#C/C(=C\c1ccc(OC)cc1)C1=CC(=O)CCC1. The standard InChI is InChI=1S/C17H16O2/c1-3-14(15-5-4-6-16(18)12-15)11-13-7-9-17(19-2)10-8-13/h1,7-12H,4-6H2,2H3/b14-11+. The molecule has 0 radical (unpaired) electrons. The van der Waals surface area contributed by atoms with Gasteiger partial charge in [0.1, 0.15) is 5.75 Å². The van der Waals surface area contributed by atoms with E-state index in [0.29, 0.717) is 6.42 Å². The monoisotopic (exact) mass is 252 g/mol. The van der Waals surface area contributed by atoms with E-state index in [4.69, 9.17) is 11.2 Å². The molecule has 0 spiro atoms. The molecular weight excluding hydrogens is 236 g/mol. The fourth-order valence-corrected chi connectivity index (χ4v) is 2.10. The first-order valence-corrected chi connectivity index (χ1v) is 6.29. The summed E-state index contributed by atoms with van der Waals surface area (Å²) in [7, 11) is 1.64. The molecule has 1 aliphatic carbocycles. The Bertz CT molecular complexity index is 568. The van der Waals surface area contributed by atoms with Crippen LogP contribution in [0.3, 0.4) is 0 Å². The maximum Gasteiger partial charge on any atom is 0.156 e. The Morgan fingerprint density at radius 2 is 2.05 bits per heavy atom. The van der Waals surface area contributed by atoms with Gasteiger partial charge in [0, 0.05) is 12.0 Å². The van der Waals surface area contributed by atoms with Crippen LogP contribution >= 0.6 is 0 Å². The Balaban J connectivity index is 2.28. The second-order valence-electron chi connectivity index (χ2n) is 4.46. The van der Waals surface area contributed by atoms with E-state index >= 15 is 0 Å². The average Bonchev–Trinajstić information content (AvgIpc) is 2.45. The number of carbonyl (C=O) groups is 1. The molecule has 0 bridgehead atoms. The van der Waals surface area contributed by atoms with Crippen molar-refractivity contribution in [1.29, 1.82) is 0 Å². The highest BCUT2D eigenvalue weighted by atomic mass is 16.5. The molecule has 19 heavy (non-hydrogen) atoms. The Hall–Kier alpha value is -2.27. The highest BCUT2D eigenvalue weighted by molar-refractivity contribution is 5.92. The lowest BCUT2D eigenvalue weighted by Crippen LogP contribution is -2.03. The minimum atomic E-state index is 0.164. The molecule has 0 N–H and O–H groups in total. The molecule has 0 aromatic heterocycles. The van der Waals surface area contributed by atoms with Gasteiger partial charge in [-0.05, 0) is 48.3 Å². The highest BCUT2D eigenvalue weighted by Gasteiger charge is 2.12. The van der Waals surface area contributed by atoms with Crippen molar-refractivity contribution < 1.29 is 9.53 Å². The van der Waals surface area contributed by atoms with Crippen molar-refractivity contribution in [1.82, 2.24) is 0 Å². The van der Waals surface area contributed by atoms with E-state index in [1.54, 1.807) is 13.2 Å². The number of rotatable bonds is 3. The van der Waals surface area contributed by atoms with Gasteiger partial charge in [-0.3, -0.25) is 4.79 Å². The van der Waals surface area contributed by atoms with Crippen molar-refractivity contribution in [2.24, 2.45) is 0 Å². The van der Waals surface area contributed by atoms with Gasteiger partial charge in [-0.15, -0.1) is 6.42 Å². The Labute approximate surface area is 113 Å². The Morgan fingerprint density at radius 1 is 1.32 bits per heavy atom. The molecule has 0 unspecified atom stereocenters. The molecule has 0 amide bonds. The zero-order valence-corrected chi connectivity index (χ0v) is 11.0. The molecule has 0 aliphatic heterocycles. The van der Waals surface area contributed by atoms with Crippen LogP contribution in [0.5, 0.6) is 5.75 Å². The third-order valence-corrected chi connectivity index (χ3v) is 3.13. The summed E-state index contributed by atoms with van der Waals surface area (Å²) < 4.78 is 5.11.